The third kappa shape index (κ3) is 4.69. The van der Waals surface area contributed by atoms with Crippen molar-refractivity contribution in [3.63, 3.8) is 0 Å². The number of carbonyl (C=O) groups is 3. The molecule has 1 aliphatic rings. The molecule has 114 valence electrons. The number of carbonyl (C=O) groups excluding carboxylic acids is 2. The molecule has 0 aromatic carbocycles. The fourth-order valence-corrected chi connectivity index (χ4v) is 2.10. The summed E-state index contributed by atoms with van der Waals surface area (Å²) in [4.78, 5) is 34.0. The Balaban J connectivity index is 2.65. The van der Waals surface area contributed by atoms with Crippen molar-refractivity contribution >= 4 is 17.9 Å². The zero-order valence-electron chi connectivity index (χ0n) is 11.6. The van der Waals surface area contributed by atoms with Crippen LogP contribution in [-0.4, -0.2) is 48.3 Å². The van der Waals surface area contributed by atoms with Gasteiger partial charge in [-0.15, -0.1) is 0 Å². The molecule has 5 N–H and O–H groups in total. The Morgan fingerprint density at radius 1 is 1.35 bits per heavy atom. The normalized spacial score (nSPS) is 23.4. The number of carboxylic acids is 1. The minimum Gasteiger partial charge on any atom is -0.481 e. The number of nitrogens with two attached hydrogens (primary N) is 1. The Bertz CT molecular complexity index is 385. The van der Waals surface area contributed by atoms with Gasteiger partial charge >= 0.3 is 12.0 Å². The monoisotopic (exact) mass is 287 g/mol. The highest BCUT2D eigenvalue weighted by Crippen LogP contribution is 2.14. The molecule has 8 heteroatoms. The maximum Gasteiger partial charge on any atom is 0.312 e. The van der Waals surface area contributed by atoms with Gasteiger partial charge in [-0.05, 0) is 12.3 Å². The molecule has 8 nitrogen and oxygen atoms in total. The SMILES string of the molecule is CC(C)CC(NC(N)=O)C(=O)NC1COCC1C(=O)O. The van der Waals surface area contributed by atoms with Crippen LogP contribution in [0.5, 0.6) is 0 Å². The molecule has 1 heterocycles. The lowest BCUT2D eigenvalue weighted by Crippen LogP contribution is -2.53. The van der Waals surface area contributed by atoms with Crippen LogP contribution in [0.1, 0.15) is 20.3 Å². The molecule has 0 aliphatic carbocycles. The molecule has 0 spiro atoms. The van der Waals surface area contributed by atoms with E-state index in [4.69, 9.17) is 15.6 Å². The molecule has 1 saturated heterocycles. The summed E-state index contributed by atoms with van der Waals surface area (Å²) in [5, 5.41) is 14.0. The molecule has 0 radical (unpaired) electrons. The molecular formula is C12H21N3O5. The van der Waals surface area contributed by atoms with Crippen molar-refractivity contribution in [1.82, 2.24) is 10.6 Å². The molecule has 0 bridgehead atoms. The molecule has 0 saturated carbocycles. The highest BCUT2D eigenvalue weighted by atomic mass is 16.5. The van der Waals surface area contributed by atoms with Crippen LogP contribution >= 0.6 is 0 Å². The molecular weight excluding hydrogens is 266 g/mol. The van der Waals surface area contributed by atoms with E-state index in [1.54, 1.807) is 0 Å². The quantitative estimate of drug-likeness (QED) is 0.512. The van der Waals surface area contributed by atoms with Gasteiger partial charge < -0.3 is 26.2 Å². The van der Waals surface area contributed by atoms with Gasteiger partial charge in [-0.3, -0.25) is 9.59 Å². The number of hydrogen-bond acceptors (Lipinski definition) is 4. The number of carboxylic acid groups (broad SMARTS) is 1. The van der Waals surface area contributed by atoms with Crippen LogP contribution in [0.2, 0.25) is 0 Å². The van der Waals surface area contributed by atoms with Gasteiger partial charge in [0.15, 0.2) is 0 Å². The molecule has 3 atom stereocenters. The van der Waals surface area contributed by atoms with Crippen LogP contribution < -0.4 is 16.4 Å². The van der Waals surface area contributed by atoms with E-state index in [9.17, 15) is 14.4 Å². The molecule has 0 aromatic rings. The molecule has 1 aliphatic heterocycles. The molecule has 20 heavy (non-hydrogen) atoms. The van der Waals surface area contributed by atoms with Gasteiger partial charge in [0, 0.05) is 0 Å². The van der Waals surface area contributed by atoms with E-state index in [-0.39, 0.29) is 19.1 Å². The average molecular weight is 287 g/mol. The van der Waals surface area contributed by atoms with E-state index in [1.165, 1.54) is 0 Å². The second-order valence-corrected chi connectivity index (χ2v) is 5.29. The summed E-state index contributed by atoms with van der Waals surface area (Å²) >= 11 is 0. The van der Waals surface area contributed by atoms with Crippen LogP contribution in [-0.2, 0) is 14.3 Å². The van der Waals surface area contributed by atoms with Gasteiger partial charge in [0.2, 0.25) is 5.91 Å². The number of aliphatic carboxylic acids is 1. The van der Waals surface area contributed by atoms with Crippen LogP contribution in [0, 0.1) is 11.8 Å². The summed E-state index contributed by atoms with van der Waals surface area (Å²) in [6, 6.07) is -2.16. The fraction of sp³-hybridized carbons (Fsp3) is 0.750. The number of amides is 3. The van der Waals surface area contributed by atoms with Gasteiger partial charge in [0.1, 0.15) is 12.0 Å². The topological polar surface area (TPSA) is 131 Å². The second-order valence-electron chi connectivity index (χ2n) is 5.29. The van der Waals surface area contributed by atoms with Gasteiger partial charge in [-0.2, -0.15) is 0 Å². The van der Waals surface area contributed by atoms with E-state index >= 15 is 0 Å². The van der Waals surface area contributed by atoms with E-state index in [1.807, 2.05) is 13.8 Å². The Hall–Kier alpha value is -1.83. The van der Waals surface area contributed by atoms with Crippen molar-refractivity contribution in [2.75, 3.05) is 13.2 Å². The second kappa shape index (κ2) is 7.09. The van der Waals surface area contributed by atoms with Gasteiger partial charge in [-0.1, -0.05) is 13.8 Å². The van der Waals surface area contributed by atoms with Crippen LogP contribution in [0.25, 0.3) is 0 Å². The van der Waals surface area contributed by atoms with Crippen molar-refractivity contribution in [3.05, 3.63) is 0 Å². The Labute approximate surface area is 117 Å². The smallest absolute Gasteiger partial charge is 0.312 e. The zero-order chi connectivity index (χ0) is 15.3. The van der Waals surface area contributed by atoms with Crippen LogP contribution in [0.4, 0.5) is 4.79 Å². The lowest BCUT2D eigenvalue weighted by atomic mass is 10.0. The first-order valence-electron chi connectivity index (χ1n) is 6.48. The van der Waals surface area contributed by atoms with Crippen molar-refractivity contribution in [1.29, 1.82) is 0 Å². The highest BCUT2D eigenvalue weighted by molar-refractivity contribution is 5.87. The summed E-state index contributed by atoms with van der Waals surface area (Å²) in [7, 11) is 0. The molecule has 1 fully saturated rings. The predicted octanol–water partition coefficient (Wildman–Crippen LogP) is -0.715. The first kappa shape index (κ1) is 16.2. The van der Waals surface area contributed by atoms with Crippen LogP contribution in [0.15, 0.2) is 0 Å². The number of primary amides is 1. The van der Waals surface area contributed by atoms with Crippen LogP contribution in [0.3, 0.4) is 0 Å². The molecule has 3 unspecified atom stereocenters. The summed E-state index contributed by atoms with van der Waals surface area (Å²) < 4.78 is 5.07. The average Bonchev–Trinajstić information content (AvgIpc) is 2.74. The van der Waals surface area contributed by atoms with Gasteiger partial charge in [0.05, 0.1) is 19.3 Å². The summed E-state index contributed by atoms with van der Waals surface area (Å²) in [6.45, 7) is 4.02. The molecule has 0 aromatic heterocycles. The Kier molecular flexibility index (Phi) is 5.75. The number of rotatable bonds is 6. The number of urea groups is 1. The van der Waals surface area contributed by atoms with Crippen molar-refractivity contribution in [2.45, 2.75) is 32.4 Å². The summed E-state index contributed by atoms with van der Waals surface area (Å²) in [5.74, 6) is -2.06. The van der Waals surface area contributed by atoms with Gasteiger partial charge in [0.25, 0.3) is 0 Å². The van der Waals surface area contributed by atoms with E-state index in [0.29, 0.717) is 6.42 Å². The maximum absolute atomic E-state index is 12.1. The van der Waals surface area contributed by atoms with Crippen molar-refractivity contribution in [3.8, 4) is 0 Å². The van der Waals surface area contributed by atoms with E-state index in [2.05, 4.69) is 10.6 Å². The van der Waals surface area contributed by atoms with Crippen molar-refractivity contribution in [2.24, 2.45) is 17.6 Å². The Morgan fingerprint density at radius 3 is 2.50 bits per heavy atom. The highest BCUT2D eigenvalue weighted by Gasteiger charge is 2.36. The molecule has 3 amide bonds. The predicted molar refractivity (Wildman–Crippen MR) is 69.8 cm³/mol. The lowest BCUT2D eigenvalue weighted by Gasteiger charge is -2.22. The van der Waals surface area contributed by atoms with Crippen molar-refractivity contribution < 1.29 is 24.2 Å². The first-order valence-corrected chi connectivity index (χ1v) is 6.48. The third-order valence-electron chi connectivity index (χ3n) is 3.07. The summed E-state index contributed by atoms with van der Waals surface area (Å²) in [6.07, 6.45) is 0.417. The lowest BCUT2D eigenvalue weighted by molar-refractivity contribution is -0.142. The minimum absolute atomic E-state index is 0.0678. The third-order valence-corrected chi connectivity index (χ3v) is 3.07. The minimum atomic E-state index is -1.02. The van der Waals surface area contributed by atoms with E-state index in [0.717, 1.165) is 0 Å². The largest absolute Gasteiger partial charge is 0.481 e. The fourth-order valence-electron chi connectivity index (χ4n) is 2.10. The van der Waals surface area contributed by atoms with Gasteiger partial charge in [-0.25, -0.2) is 4.79 Å². The molecule has 1 rings (SSSR count). The number of nitrogens with one attached hydrogen (secondary N) is 2. The first-order chi connectivity index (χ1) is 9.31. The maximum atomic E-state index is 12.1. The zero-order valence-corrected chi connectivity index (χ0v) is 11.6. The van der Waals surface area contributed by atoms with E-state index < -0.39 is 35.9 Å². The number of ether oxygens (including phenoxy) is 1. The number of hydrogen-bond donors (Lipinski definition) is 4. The Morgan fingerprint density at radius 2 is 2.00 bits per heavy atom. The standard InChI is InChI=1S/C12H21N3O5/c1-6(2)3-8(15-12(13)19)10(16)14-9-5-20-4-7(9)11(17)18/h6-9H,3-5H2,1-2H3,(H,14,16)(H,17,18)(H3,13,15,19). The summed E-state index contributed by atoms with van der Waals surface area (Å²) in [5.41, 5.74) is 5.04.